The van der Waals surface area contributed by atoms with Crippen LogP contribution >= 0.6 is 0 Å². The zero-order valence-corrected chi connectivity index (χ0v) is 33.6. The van der Waals surface area contributed by atoms with Crippen molar-refractivity contribution in [2.24, 2.45) is 52.3 Å². The van der Waals surface area contributed by atoms with E-state index in [-0.39, 0.29) is 49.2 Å². The second-order valence-corrected chi connectivity index (χ2v) is 18.8. The molecule has 22 atom stereocenters. The van der Waals surface area contributed by atoms with Gasteiger partial charge in [0.25, 0.3) is 0 Å². The molecule has 2 heterocycles. The van der Waals surface area contributed by atoms with Crippen LogP contribution in [0, 0.1) is 52.3 Å². The van der Waals surface area contributed by atoms with Crippen molar-refractivity contribution in [1.29, 1.82) is 0 Å². The summed E-state index contributed by atoms with van der Waals surface area (Å²) in [6.07, 6.45) is -9.78. The number of fused-ring (bicyclic) bond motifs is 5. The van der Waals surface area contributed by atoms with E-state index in [1.807, 2.05) is 6.92 Å². The maximum Gasteiger partial charge on any atom is 0.187 e. The summed E-state index contributed by atoms with van der Waals surface area (Å²) < 4.78 is 34.9. The average molecular weight is 791 g/mol. The monoisotopic (exact) mass is 790 g/mol. The highest BCUT2D eigenvalue weighted by molar-refractivity contribution is 5.22. The van der Waals surface area contributed by atoms with Crippen LogP contribution in [0.4, 0.5) is 0 Å². The van der Waals surface area contributed by atoms with Crippen LogP contribution in [0.3, 0.4) is 0 Å². The first-order valence-electron chi connectivity index (χ1n) is 20.6. The van der Waals surface area contributed by atoms with E-state index in [0.717, 1.165) is 0 Å². The van der Waals surface area contributed by atoms with E-state index in [9.17, 15) is 46.0 Å². The quantitative estimate of drug-likeness (QED) is 0.119. The van der Waals surface area contributed by atoms with E-state index < -0.39 is 115 Å². The van der Waals surface area contributed by atoms with Crippen LogP contribution in [-0.4, -0.2) is 165 Å². The highest BCUT2D eigenvalue weighted by Gasteiger charge is 2.73. The molecule has 0 radical (unpaired) electrons. The van der Waals surface area contributed by atoms with Crippen LogP contribution in [0.5, 0.6) is 0 Å². The topological polar surface area (TPSA) is 237 Å². The number of hydrogen-bond acceptors (Lipinski definition) is 15. The molecule has 15 heteroatoms. The fourth-order valence-electron chi connectivity index (χ4n) is 12.7. The number of methoxy groups -OCH3 is 2. The Kier molecular flexibility index (Phi) is 13.4. The van der Waals surface area contributed by atoms with Gasteiger partial charge in [0.15, 0.2) is 12.6 Å². The first-order chi connectivity index (χ1) is 25.9. The van der Waals surface area contributed by atoms with Crippen LogP contribution < -0.4 is 0 Å². The number of ether oxygens (including phenoxy) is 6. The van der Waals surface area contributed by atoms with Gasteiger partial charge in [-0.05, 0) is 78.9 Å². The molecular weight excluding hydrogens is 720 g/mol. The molecule has 0 aromatic carbocycles. The normalized spacial score (nSPS) is 52.4. The molecule has 320 valence electrons. The van der Waals surface area contributed by atoms with Gasteiger partial charge in [0, 0.05) is 32.5 Å². The minimum absolute atomic E-state index is 0.0180. The van der Waals surface area contributed by atoms with Crippen molar-refractivity contribution >= 4 is 0 Å². The van der Waals surface area contributed by atoms with Crippen LogP contribution in [0.2, 0.25) is 0 Å². The van der Waals surface area contributed by atoms with Crippen LogP contribution in [0.25, 0.3) is 0 Å². The van der Waals surface area contributed by atoms with Gasteiger partial charge in [-0.1, -0.05) is 34.6 Å². The molecule has 6 rings (SSSR count). The molecule has 0 aromatic rings. The van der Waals surface area contributed by atoms with Gasteiger partial charge in [-0.3, -0.25) is 0 Å². The van der Waals surface area contributed by atoms with Gasteiger partial charge in [-0.25, -0.2) is 0 Å². The lowest BCUT2D eigenvalue weighted by Gasteiger charge is -2.66. The van der Waals surface area contributed by atoms with E-state index in [0.29, 0.717) is 38.5 Å². The van der Waals surface area contributed by atoms with Crippen molar-refractivity contribution in [3.63, 3.8) is 0 Å². The molecule has 22 unspecified atom stereocenters. The van der Waals surface area contributed by atoms with Crippen molar-refractivity contribution in [2.45, 2.75) is 165 Å². The minimum Gasteiger partial charge on any atom is -0.394 e. The van der Waals surface area contributed by atoms with Gasteiger partial charge in [-0.15, -0.1) is 0 Å². The summed E-state index contributed by atoms with van der Waals surface area (Å²) in [6.45, 7) is 10.1. The second kappa shape index (κ2) is 16.8. The van der Waals surface area contributed by atoms with E-state index in [1.54, 1.807) is 0 Å². The third-order valence-electron chi connectivity index (χ3n) is 15.7. The summed E-state index contributed by atoms with van der Waals surface area (Å²) in [4.78, 5) is 0. The average Bonchev–Trinajstić information content (AvgIpc) is 3.53. The van der Waals surface area contributed by atoms with Crippen molar-refractivity contribution in [2.75, 3.05) is 34.0 Å². The van der Waals surface area contributed by atoms with E-state index in [1.165, 1.54) is 14.2 Å². The highest BCUT2D eigenvalue weighted by Crippen LogP contribution is 2.70. The zero-order chi connectivity index (χ0) is 40.4. The van der Waals surface area contributed by atoms with Gasteiger partial charge in [0.1, 0.15) is 36.6 Å². The van der Waals surface area contributed by atoms with E-state index in [2.05, 4.69) is 27.7 Å². The minimum atomic E-state index is -1.46. The van der Waals surface area contributed by atoms with Crippen molar-refractivity contribution in [1.82, 2.24) is 0 Å². The third kappa shape index (κ3) is 7.47. The van der Waals surface area contributed by atoms with Crippen LogP contribution in [-0.2, 0) is 28.4 Å². The molecule has 0 aromatic heterocycles. The number of hydrogen-bond donors (Lipinski definition) is 9. The molecule has 6 fully saturated rings. The van der Waals surface area contributed by atoms with E-state index in [4.69, 9.17) is 28.4 Å². The predicted molar refractivity (Wildman–Crippen MR) is 195 cm³/mol. The van der Waals surface area contributed by atoms with Gasteiger partial charge < -0.3 is 74.4 Å². The predicted octanol–water partition coefficient (Wildman–Crippen LogP) is -0.0801. The molecule has 4 saturated carbocycles. The van der Waals surface area contributed by atoms with E-state index >= 15 is 0 Å². The lowest BCUT2D eigenvalue weighted by Crippen LogP contribution is -2.71. The second-order valence-electron chi connectivity index (χ2n) is 18.8. The summed E-state index contributed by atoms with van der Waals surface area (Å²) in [5, 5.41) is 101. The largest absolute Gasteiger partial charge is 0.394 e. The Labute approximate surface area is 325 Å². The maximum absolute atomic E-state index is 12.7. The number of aliphatic hydroxyl groups is 9. The molecule has 0 bridgehead atoms. The molecule has 4 aliphatic carbocycles. The first-order valence-corrected chi connectivity index (χ1v) is 20.6. The zero-order valence-electron chi connectivity index (χ0n) is 33.6. The molecule has 0 amide bonds. The van der Waals surface area contributed by atoms with Crippen molar-refractivity contribution in [3.8, 4) is 0 Å². The van der Waals surface area contributed by atoms with Gasteiger partial charge in [0.2, 0.25) is 0 Å². The van der Waals surface area contributed by atoms with Crippen LogP contribution in [0.1, 0.15) is 79.6 Å². The Morgan fingerprint density at radius 1 is 0.764 bits per heavy atom. The molecule has 2 saturated heterocycles. The van der Waals surface area contributed by atoms with Gasteiger partial charge in [-0.2, -0.15) is 0 Å². The Hall–Kier alpha value is -0.600. The Balaban J connectivity index is 1.12. The lowest BCUT2D eigenvalue weighted by molar-refractivity contribution is -0.310. The SMILES string of the molecule is COC1COC(OC2C(OCC(CCC(C)C3C(O)C(O)C4C3(C)CCC3C5(C)CCC(O)C(O)C5C(O)CC34O)C(C)C)OC(CO)C2O)C(OC)C1O. The standard InChI is InChI=1S/C40H70O15/c1-18(2)20(16-52-37-34(29(45)23(15-41)54-37)55-36-33(51-7)30(46)24(50-6)17-53-36)9-8-19(3)26-31(47)32(48)35-39(26,5)13-11-25-38(4)12-10-21(42)28(44)27(38)22(43)14-40(25,35)49/h18-37,41-49H,8-17H2,1-7H3. The first kappa shape index (κ1) is 44.0. The summed E-state index contributed by atoms with van der Waals surface area (Å²) in [6, 6.07) is 0. The fourth-order valence-corrected chi connectivity index (χ4v) is 12.7. The molecule has 2 aliphatic heterocycles. The Bertz CT molecular complexity index is 1280. The summed E-state index contributed by atoms with van der Waals surface area (Å²) >= 11 is 0. The molecule has 6 aliphatic rings. The smallest absolute Gasteiger partial charge is 0.187 e. The fraction of sp³-hybridized carbons (Fsp3) is 1.00. The Morgan fingerprint density at radius 3 is 2.09 bits per heavy atom. The number of rotatable bonds is 13. The third-order valence-corrected chi connectivity index (χ3v) is 15.7. The summed E-state index contributed by atoms with van der Waals surface area (Å²) in [5.74, 6) is -1.79. The maximum atomic E-state index is 12.7. The van der Waals surface area contributed by atoms with Crippen molar-refractivity contribution < 1.29 is 74.4 Å². The summed E-state index contributed by atoms with van der Waals surface area (Å²) in [7, 11) is 2.87. The summed E-state index contributed by atoms with van der Waals surface area (Å²) in [5.41, 5.74) is -2.73. The van der Waals surface area contributed by atoms with Gasteiger partial charge >= 0.3 is 0 Å². The lowest BCUT2D eigenvalue weighted by atomic mass is 9.41. The van der Waals surface area contributed by atoms with Gasteiger partial charge in [0.05, 0.1) is 55.9 Å². The highest BCUT2D eigenvalue weighted by atomic mass is 16.8. The number of aliphatic hydroxyl groups excluding tert-OH is 8. The molecule has 9 N–H and O–H groups in total. The molecular formula is C40H70O15. The molecule has 0 spiro atoms. The van der Waals surface area contributed by atoms with Crippen molar-refractivity contribution in [3.05, 3.63) is 0 Å². The van der Waals surface area contributed by atoms with Crippen LogP contribution in [0.15, 0.2) is 0 Å². The Morgan fingerprint density at radius 2 is 1.45 bits per heavy atom. The molecule has 55 heavy (non-hydrogen) atoms. The molecule has 15 nitrogen and oxygen atoms in total.